The third kappa shape index (κ3) is 17.1. The van der Waals surface area contributed by atoms with Crippen LogP contribution in [0.25, 0.3) is 5.00 Å². The Hall–Kier alpha value is -5.81. The van der Waals surface area contributed by atoms with Gasteiger partial charge in [0.2, 0.25) is 12.4 Å². The van der Waals surface area contributed by atoms with Crippen LogP contribution >= 0.6 is 22.9 Å². The first-order valence-corrected chi connectivity index (χ1v) is 26.1. The lowest BCUT2D eigenvalue weighted by Crippen LogP contribution is -2.61. The van der Waals surface area contributed by atoms with E-state index in [1.54, 1.807) is 23.7 Å². The van der Waals surface area contributed by atoms with Crippen LogP contribution < -0.4 is 20.3 Å². The SMILES string of the molecule is CC.CCNC=O.CNC1C(C)(C)CC1(C)C.Cc1sc2c(c1C)C(c1cccc(OCCOCCOCCOC3CCN(c4ncc(C=O)cn4)CC3)c1)=NCc1nnc(C)n1-2.N#Cc1ccc(O)cc1Cl. The van der Waals surface area contributed by atoms with Gasteiger partial charge in [0.1, 0.15) is 41.5 Å². The van der Waals surface area contributed by atoms with E-state index < -0.39 is 0 Å². The number of nitrogens with zero attached hydrogens (tertiary/aromatic N) is 8. The molecule has 0 radical (unpaired) electrons. The summed E-state index contributed by atoms with van der Waals surface area (Å²) in [4.78, 5) is 37.0. The number of ether oxygens (including phenoxy) is 4. The summed E-state index contributed by atoms with van der Waals surface area (Å²) in [5.41, 5.74) is 6.20. The quantitative estimate of drug-likeness (QED) is 0.0586. The number of fused-ring (bicyclic) bond motifs is 3. The topological polar surface area (TPSA) is 211 Å². The second-order valence-corrected chi connectivity index (χ2v) is 20.2. The summed E-state index contributed by atoms with van der Waals surface area (Å²) in [6.45, 7) is 27.3. The lowest BCUT2D eigenvalue weighted by atomic mass is 9.52. The number of phenolic OH excluding ortho intramolecular Hbond substituents is 1. The molecule has 3 N–H and O–H groups in total. The molecule has 1 amide bonds. The van der Waals surface area contributed by atoms with Crippen molar-refractivity contribution < 1.29 is 33.6 Å². The van der Waals surface area contributed by atoms with Crippen molar-refractivity contribution in [2.75, 3.05) is 71.2 Å². The molecule has 3 aliphatic rings. The molecule has 0 atom stereocenters. The summed E-state index contributed by atoms with van der Waals surface area (Å²) < 4.78 is 25.6. The Morgan fingerprint density at radius 1 is 0.932 bits per heavy atom. The molecular formula is C54H75ClN10O7S. The fourth-order valence-electron chi connectivity index (χ4n) is 9.37. The molecule has 0 bridgehead atoms. The Kier molecular flexibility index (Phi) is 24.4. The minimum atomic E-state index is 0.0731. The molecular weight excluding hydrogens is 968 g/mol. The number of aryl methyl sites for hydroxylation is 2. The van der Waals surface area contributed by atoms with Gasteiger partial charge in [-0.25, -0.2) is 9.97 Å². The minimum Gasteiger partial charge on any atom is -0.508 e. The number of aldehydes is 1. The maximum Gasteiger partial charge on any atom is 0.225 e. The van der Waals surface area contributed by atoms with Crippen LogP contribution in [0, 0.1) is 42.9 Å². The second kappa shape index (κ2) is 29.8. The summed E-state index contributed by atoms with van der Waals surface area (Å²) in [7, 11) is 2.06. The van der Waals surface area contributed by atoms with Gasteiger partial charge in [-0.15, -0.1) is 21.5 Å². The van der Waals surface area contributed by atoms with E-state index in [2.05, 4.69) is 94.9 Å². The number of rotatable bonds is 17. The number of hydrogen-bond donors (Lipinski definition) is 3. The Balaban J connectivity index is 0.000000346. The molecule has 2 aliphatic heterocycles. The summed E-state index contributed by atoms with van der Waals surface area (Å²) >= 11 is 7.30. The number of carbonyl (C=O) groups excluding carboxylic acids is 2. The van der Waals surface area contributed by atoms with Crippen LogP contribution in [0.4, 0.5) is 5.95 Å². The number of anilines is 1. The second-order valence-electron chi connectivity index (χ2n) is 18.5. The normalized spacial score (nSPS) is 15.2. The number of carbonyl (C=O) groups is 2. The minimum absolute atomic E-state index is 0.0731. The number of amides is 1. The molecule has 0 unspecified atom stereocenters. The summed E-state index contributed by atoms with van der Waals surface area (Å²) in [5, 5.41) is 33.1. The Labute approximate surface area is 440 Å². The van der Waals surface area contributed by atoms with Crippen LogP contribution in [0.15, 0.2) is 59.9 Å². The average Bonchev–Trinajstić information content (AvgIpc) is 3.83. The fraction of sp³-hybridized carbons (Fsp3) is 0.519. The molecule has 1 saturated heterocycles. The zero-order valence-corrected chi connectivity index (χ0v) is 46.0. The van der Waals surface area contributed by atoms with Crippen LogP contribution in [-0.2, 0) is 25.5 Å². The molecule has 396 valence electrons. The number of benzene rings is 2. The fourth-order valence-corrected chi connectivity index (χ4v) is 10.8. The highest BCUT2D eigenvalue weighted by molar-refractivity contribution is 7.15. The van der Waals surface area contributed by atoms with E-state index in [0.29, 0.717) is 86.5 Å². The van der Waals surface area contributed by atoms with Crippen LogP contribution in [0.3, 0.4) is 0 Å². The van der Waals surface area contributed by atoms with Crippen molar-refractivity contribution >= 4 is 47.3 Å². The van der Waals surface area contributed by atoms with E-state index in [9.17, 15) is 9.59 Å². The largest absolute Gasteiger partial charge is 0.508 e. The van der Waals surface area contributed by atoms with Gasteiger partial charge in [-0.05, 0) is 101 Å². The predicted octanol–water partition coefficient (Wildman–Crippen LogP) is 9.03. The van der Waals surface area contributed by atoms with Crippen molar-refractivity contribution in [1.29, 1.82) is 5.26 Å². The van der Waals surface area contributed by atoms with Crippen molar-refractivity contribution in [2.24, 2.45) is 15.8 Å². The molecule has 1 saturated carbocycles. The van der Waals surface area contributed by atoms with Crippen LogP contribution in [-0.4, -0.2) is 127 Å². The highest BCUT2D eigenvalue weighted by atomic mass is 35.5. The van der Waals surface area contributed by atoms with Crippen molar-refractivity contribution in [3.63, 3.8) is 0 Å². The van der Waals surface area contributed by atoms with Gasteiger partial charge in [-0.3, -0.25) is 19.1 Å². The van der Waals surface area contributed by atoms with Crippen LogP contribution in [0.5, 0.6) is 11.5 Å². The number of nitrogens with one attached hydrogen (secondary N) is 2. The monoisotopic (exact) mass is 1040 g/mol. The molecule has 2 aromatic carbocycles. The number of aromatic hydroxyl groups is 1. The molecule has 5 heterocycles. The molecule has 1 aliphatic carbocycles. The number of hydrogen-bond acceptors (Lipinski definition) is 16. The predicted molar refractivity (Wildman–Crippen MR) is 289 cm³/mol. The summed E-state index contributed by atoms with van der Waals surface area (Å²) in [6.07, 6.45) is 7.87. The van der Waals surface area contributed by atoms with Crippen molar-refractivity contribution in [3.8, 4) is 22.6 Å². The Morgan fingerprint density at radius 2 is 1.59 bits per heavy atom. The highest BCUT2D eigenvalue weighted by Crippen LogP contribution is 2.53. The van der Waals surface area contributed by atoms with E-state index >= 15 is 0 Å². The number of halogens is 1. The molecule has 73 heavy (non-hydrogen) atoms. The summed E-state index contributed by atoms with van der Waals surface area (Å²) in [6, 6.07) is 14.9. The smallest absolute Gasteiger partial charge is 0.225 e. The van der Waals surface area contributed by atoms with Gasteiger partial charge in [0.15, 0.2) is 12.1 Å². The van der Waals surface area contributed by atoms with Gasteiger partial charge < -0.3 is 39.6 Å². The van der Waals surface area contributed by atoms with E-state index in [1.165, 1.54) is 35.1 Å². The lowest BCUT2D eigenvalue weighted by molar-refractivity contribution is -0.109. The maximum atomic E-state index is 10.8. The van der Waals surface area contributed by atoms with Gasteiger partial charge in [-0.2, -0.15) is 5.26 Å². The van der Waals surface area contributed by atoms with E-state index in [0.717, 1.165) is 78.0 Å². The van der Waals surface area contributed by atoms with Crippen LogP contribution in [0.1, 0.15) is 117 Å². The lowest BCUT2D eigenvalue weighted by Gasteiger charge is -2.57. The highest BCUT2D eigenvalue weighted by Gasteiger charge is 2.51. The first-order valence-electron chi connectivity index (χ1n) is 24.9. The number of piperidine rings is 1. The Morgan fingerprint density at radius 3 is 2.15 bits per heavy atom. The van der Waals surface area contributed by atoms with Gasteiger partial charge in [0.25, 0.3) is 0 Å². The molecule has 2 fully saturated rings. The van der Waals surface area contributed by atoms with Gasteiger partial charge in [0.05, 0.1) is 61.0 Å². The van der Waals surface area contributed by atoms with Crippen molar-refractivity contribution in [3.05, 3.63) is 104 Å². The first kappa shape index (κ1) is 59.8. The third-order valence-corrected chi connectivity index (χ3v) is 13.8. The zero-order valence-electron chi connectivity index (χ0n) is 44.5. The van der Waals surface area contributed by atoms with Gasteiger partial charge >= 0.3 is 0 Å². The van der Waals surface area contributed by atoms with E-state index in [-0.39, 0.29) is 16.9 Å². The third-order valence-electron chi connectivity index (χ3n) is 12.3. The molecule has 5 aromatic rings. The molecule has 0 spiro atoms. The average molecular weight is 1040 g/mol. The Bertz CT molecular complexity index is 2550. The molecule has 17 nitrogen and oxygen atoms in total. The van der Waals surface area contributed by atoms with Gasteiger partial charge in [0, 0.05) is 54.1 Å². The zero-order chi connectivity index (χ0) is 53.6. The number of thiophene rings is 1. The molecule has 19 heteroatoms. The molecule has 8 rings (SSSR count). The first-order chi connectivity index (χ1) is 35.1. The maximum absolute atomic E-state index is 10.8. The van der Waals surface area contributed by atoms with E-state index in [1.807, 2.05) is 52.0 Å². The number of nitriles is 1. The summed E-state index contributed by atoms with van der Waals surface area (Å²) in [5.74, 6) is 3.22. The number of aromatic nitrogens is 5. The number of aliphatic imine (C=N–C) groups is 1. The standard InChI is InChI=1S/C33H39N7O5S.C9H19N.C7H4ClNO.C3H7NO.C2H6/c1-22-23(2)46-32-30(22)31(34-20-29-38-37-24(3)40(29)32)26-5-4-6-28(17-26)45-16-14-43-12-11-42-13-15-44-27-7-9-39(10-8-27)33-35-18-25(21-41)19-36-33;1-8(2)6-9(3,4)7(8)10-5;8-7-3-6(10)2-1-5(7)4-9;1-2-4-3-5;1-2/h4-6,17-19,21,27H,7-16,20H2,1-3H3;7,10H,6H2,1-5H3;1-3,10H;3H,2H2,1H3,(H,4,5);1-2H3. The van der Waals surface area contributed by atoms with Crippen LogP contribution in [0.2, 0.25) is 5.02 Å². The van der Waals surface area contributed by atoms with Crippen molar-refractivity contribution in [1.82, 2.24) is 35.4 Å². The van der Waals surface area contributed by atoms with Crippen molar-refractivity contribution in [2.45, 2.75) is 107 Å². The molecule has 3 aromatic heterocycles. The van der Waals surface area contributed by atoms with E-state index in [4.69, 9.17) is 45.9 Å². The number of phenols is 1. The van der Waals surface area contributed by atoms with Gasteiger partial charge in [-0.1, -0.05) is 65.3 Å².